The highest BCUT2D eigenvalue weighted by atomic mass is 19.3. The van der Waals surface area contributed by atoms with Crippen LogP contribution in [0.15, 0.2) is 29.1 Å². The van der Waals surface area contributed by atoms with Crippen LogP contribution in [0.4, 0.5) is 20.4 Å². The number of nitrogens with one attached hydrogen (secondary N) is 2. The maximum absolute atomic E-state index is 12.8. The van der Waals surface area contributed by atoms with Gasteiger partial charge in [0.05, 0.1) is 6.07 Å². The second-order valence-electron chi connectivity index (χ2n) is 3.91. The molecule has 104 valence electrons. The standard InChI is InChI=1S/C11H7F2N3O4/c12-11(13)19-6-2-1-5(3-7(6)20-11)14-10-15-8(17)4-9(18)16-10/h1-4H,(H3,14,15,16,17,18). The van der Waals surface area contributed by atoms with E-state index in [1.807, 2.05) is 0 Å². The van der Waals surface area contributed by atoms with Crippen molar-refractivity contribution in [2.75, 3.05) is 5.32 Å². The fraction of sp³-hybridized carbons (Fsp3) is 0.0909. The Labute approximate surface area is 109 Å². The number of nitrogens with zero attached hydrogens (tertiary/aromatic N) is 1. The van der Waals surface area contributed by atoms with Gasteiger partial charge >= 0.3 is 6.29 Å². The van der Waals surface area contributed by atoms with Gasteiger partial charge in [-0.25, -0.2) is 0 Å². The van der Waals surface area contributed by atoms with Crippen molar-refractivity contribution in [1.82, 2.24) is 9.97 Å². The first-order valence-corrected chi connectivity index (χ1v) is 5.38. The van der Waals surface area contributed by atoms with E-state index in [9.17, 15) is 18.7 Å². The molecule has 0 saturated carbocycles. The number of aromatic nitrogens is 2. The van der Waals surface area contributed by atoms with Crippen LogP contribution in [0.1, 0.15) is 0 Å². The Morgan fingerprint density at radius 2 is 2.00 bits per heavy atom. The van der Waals surface area contributed by atoms with Gasteiger partial charge in [-0.3, -0.25) is 9.78 Å². The van der Waals surface area contributed by atoms with Gasteiger partial charge < -0.3 is 19.9 Å². The van der Waals surface area contributed by atoms with Crippen LogP contribution in [0.25, 0.3) is 0 Å². The lowest BCUT2D eigenvalue weighted by Gasteiger charge is -2.06. The summed E-state index contributed by atoms with van der Waals surface area (Å²) in [5.74, 6) is -0.760. The largest absolute Gasteiger partial charge is 0.586 e. The molecule has 1 aromatic carbocycles. The fourth-order valence-electron chi connectivity index (χ4n) is 1.67. The number of aromatic amines is 1. The first-order chi connectivity index (χ1) is 9.41. The summed E-state index contributed by atoms with van der Waals surface area (Å²) < 4.78 is 34.2. The van der Waals surface area contributed by atoms with Gasteiger partial charge in [0.2, 0.25) is 11.8 Å². The van der Waals surface area contributed by atoms with Crippen LogP contribution in [0.3, 0.4) is 0 Å². The van der Waals surface area contributed by atoms with Crippen molar-refractivity contribution in [2.24, 2.45) is 0 Å². The molecule has 1 aliphatic rings. The molecule has 9 heteroatoms. The van der Waals surface area contributed by atoms with Crippen molar-refractivity contribution in [3.05, 3.63) is 34.6 Å². The van der Waals surface area contributed by atoms with E-state index >= 15 is 0 Å². The summed E-state index contributed by atoms with van der Waals surface area (Å²) in [5, 5.41) is 11.8. The lowest BCUT2D eigenvalue weighted by Crippen LogP contribution is -2.25. The van der Waals surface area contributed by atoms with Gasteiger partial charge in [-0.15, -0.1) is 8.78 Å². The van der Waals surface area contributed by atoms with Crippen molar-refractivity contribution in [3.63, 3.8) is 0 Å². The van der Waals surface area contributed by atoms with E-state index < -0.39 is 17.7 Å². The molecule has 20 heavy (non-hydrogen) atoms. The number of fused-ring (bicyclic) bond motifs is 1. The summed E-state index contributed by atoms with van der Waals surface area (Å²) in [6, 6.07) is 4.85. The quantitative estimate of drug-likeness (QED) is 0.773. The van der Waals surface area contributed by atoms with Crippen LogP contribution in [-0.2, 0) is 0 Å². The summed E-state index contributed by atoms with van der Waals surface area (Å²) in [4.78, 5) is 17.1. The molecule has 0 fully saturated rings. The van der Waals surface area contributed by atoms with Crippen molar-refractivity contribution in [3.8, 4) is 17.4 Å². The van der Waals surface area contributed by atoms with Crippen LogP contribution < -0.4 is 20.3 Å². The first-order valence-electron chi connectivity index (χ1n) is 5.38. The molecule has 7 nitrogen and oxygen atoms in total. The Kier molecular flexibility index (Phi) is 2.49. The average molecular weight is 283 g/mol. The molecule has 1 aliphatic heterocycles. The number of rotatable bonds is 2. The summed E-state index contributed by atoms with van der Waals surface area (Å²) in [6.07, 6.45) is -3.70. The van der Waals surface area contributed by atoms with Gasteiger partial charge in [0.15, 0.2) is 11.5 Å². The smallest absolute Gasteiger partial charge is 0.493 e. The number of halogens is 2. The zero-order valence-electron chi connectivity index (χ0n) is 9.68. The van der Waals surface area contributed by atoms with Crippen molar-refractivity contribution in [1.29, 1.82) is 0 Å². The summed E-state index contributed by atoms with van der Waals surface area (Å²) in [6.45, 7) is 0. The van der Waals surface area contributed by atoms with Crippen LogP contribution >= 0.6 is 0 Å². The third kappa shape index (κ3) is 2.32. The maximum atomic E-state index is 12.8. The van der Waals surface area contributed by atoms with E-state index in [4.69, 9.17) is 0 Å². The van der Waals surface area contributed by atoms with Gasteiger partial charge in [0, 0.05) is 11.8 Å². The zero-order chi connectivity index (χ0) is 14.3. The van der Waals surface area contributed by atoms with Gasteiger partial charge in [-0.05, 0) is 12.1 Å². The number of benzene rings is 1. The number of aromatic hydroxyl groups is 1. The highest BCUT2D eigenvalue weighted by Gasteiger charge is 2.43. The number of ether oxygens (including phenoxy) is 2. The Hall–Kier alpha value is -2.84. The molecular weight excluding hydrogens is 276 g/mol. The molecule has 0 radical (unpaired) electrons. The lowest BCUT2D eigenvalue weighted by atomic mass is 10.3. The van der Waals surface area contributed by atoms with Crippen LogP contribution in [0.2, 0.25) is 0 Å². The number of alkyl halides is 2. The second-order valence-corrected chi connectivity index (χ2v) is 3.91. The van der Waals surface area contributed by atoms with Crippen LogP contribution in [-0.4, -0.2) is 21.4 Å². The topological polar surface area (TPSA) is 96.5 Å². The predicted octanol–water partition coefficient (Wildman–Crippen LogP) is 1.54. The van der Waals surface area contributed by atoms with Gasteiger partial charge in [-0.2, -0.15) is 4.98 Å². The summed E-state index contributed by atoms with van der Waals surface area (Å²) in [5.41, 5.74) is -0.244. The predicted molar refractivity (Wildman–Crippen MR) is 62.5 cm³/mol. The lowest BCUT2D eigenvalue weighted by molar-refractivity contribution is -0.286. The minimum atomic E-state index is -3.70. The number of H-pyrrole nitrogens is 1. The summed E-state index contributed by atoms with van der Waals surface area (Å²) >= 11 is 0. The molecular formula is C11H7F2N3O4. The number of hydrogen-bond donors (Lipinski definition) is 3. The number of anilines is 2. The third-order valence-corrected chi connectivity index (χ3v) is 2.39. The highest BCUT2D eigenvalue weighted by Crippen LogP contribution is 2.42. The molecule has 3 N–H and O–H groups in total. The molecule has 0 spiro atoms. The zero-order valence-corrected chi connectivity index (χ0v) is 9.68. The van der Waals surface area contributed by atoms with E-state index in [-0.39, 0.29) is 17.4 Å². The maximum Gasteiger partial charge on any atom is 0.586 e. The average Bonchev–Trinajstić information content (AvgIpc) is 2.60. The fourth-order valence-corrected chi connectivity index (χ4v) is 1.67. The van der Waals surface area contributed by atoms with E-state index in [0.29, 0.717) is 5.69 Å². The Balaban J connectivity index is 1.88. The highest BCUT2D eigenvalue weighted by molar-refractivity contribution is 5.60. The normalized spacial score (nSPS) is 15.1. The van der Waals surface area contributed by atoms with Crippen molar-refractivity contribution in [2.45, 2.75) is 6.29 Å². The molecule has 3 rings (SSSR count). The van der Waals surface area contributed by atoms with E-state index in [1.165, 1.54) is 18.2 Å². The molecule has 0 bridgehead atoms. The number of hydrogen-bond acceptors (Lipinski definition) is 6. The first kappa shape index (κ1) is 12.2. The van der Waals surface area contributed by atoms with Gasteiger partial charge in [0.1, 0.15) is 0 Å². The summed E-state index contributed by atoms with van der Waals surface area (Å²) in [7, 11) is 0. The minimum Gasteiger partial charge on any atom is -0.493 e. The van der Waals surface area contributed by atoms with Gasteiger partial charge in [0.25, 0.3) is 5.56 Å². The molecule has 0 aliphatic carbocycles. The molecule has 2 heterocycles. The molecule has 0 amide bonds. The second kappa shape index (κ2) is 4.08. The SMILES string of the molecule is O=c1cc(O)nc(Nc2ccc3c(c2)OC(F)(F)O3)[nH]1. The Bertz CT molecular complexity index is 732. The molecule has 0 atom stereocenters. The minimum absolute atomic E-state index is 0.0411. The van der Waals surface area contributed by atoms with E-state index in [2.05, 4.69) is 24.8 Å². The van der Waals surface area contributed by atoms with Crippen LogP contribution in [0.5, 0.6) is 17.4 Å². The van der Waals surface area contributed by atoms with Crippen molar-refractivity contribution >= 4 is 11.6 Å². The monoisotopic (exact) mass is 283 g/mol. The molecule has 1 aromatic heterocycles. The molecule has 0 saturated heterocycles. The Morgan fingerprint density at radius 1 is 1.25 bits per heavy atom. The van der Waals surface area contributed by atoms with Gasteiger partial charge in [-0.1, -0.05) is 0 Å². The van der Waals surface area contributed by atoms with E-state index in [0.717, 1.165) is 6.07 Å². The Morgan fingerprint density at radius 3 is 2.75 bits per heavy atom. The molecule has 0 unspecified atom stereocenters. The van der Waals surface area contributed by atoms with Crippen molar-refractivity contribution < 1.29 is 23.4 Å². The van der Waals surface area contributed by atoms with Crippen LogP contribution in [0, 0.1) is 0 Å². The molecule has 2 aromatic rings. The van der Waals surface area contributed by atoms with E-state index in [1.54, 1.807) is 0 Å². The third-order valence-electron chi connectivity index (χ3n) is 2.39.